The molecule has 1 aromatic heterocycles. The Balaban J connectivity index is 2.54. The van der Waals surface area contributed by atoms with Crippen LogP contribution in [-0.4, -0.2) is 6.54 Å². The Bertz CT molecular complexity index is 622. The number of rotatable bonds is 4. The van der Waals surface area contributed by atoms with E-state index in [1.165, 1.54) is 6.07 Å². The summed E-state index contributed by atoms with van der Waals surface area (Å²) in [4.78, 5) is 0. The van der Waals surface area contributed by atoms with Crippen molar-refractivity contribution in [1.29, 1.82) is 0 Å². The Morgan fingerprint density at radius 1 is 1.10 bits per heavy atom. The molecular weight excluding hydrogens is 267 g/mol. The minimum atomic E-state index is -1.46. The van der Waals surface area contributed by atoms with Crippen molar-refractivity contribution in [2.24, 2.45) is 0 Å². The van der Waals surface area contributed by atoms with Gasteiger partial charge in [0.15, 0.2) is 17.5 Å². The summed E-state index contributed by atoms with van der Waals surface area (Å²) in [6, 6.07) is 3.37. The van der Waals surface area contributed by atoms with Gasteiger partial charge in [-0.1, -0.05) is 13.0 Å². The van der Waals surface area contributed by atoms with Crippen molar-refractivity contribution in [3.8, 4) is 0 Å². The van der Waals surface area contributed by atoms with Crippen LogP contribution in [0.15, 0.2) is 22.6 Å². The third-order valence-corrected chi connectivity index (χ3v) is 3.17. The fraction of sp³-hybridized carbons (Fsp3) is 0.333. The monoisotopic (exact) mass is 283 g/mol. The second-order valence-corrected chi connectivity index (χ2v) is 4.62. The summed E-state index contributed by atoms with van der Waals surface area (Å²) in [6.45, 7) is 5.94. The first-order chi connectivity index (χ1) is 9.45. The van der Waals surface area contributed by atoms with Crippen LogP contribution in [0, 0.1) is 31.3 Å². The maximum Gasteiger partial charge on any atom is 0.194 e. The van der Waals surface area contributed by atoms with Crippen molar-refractivity contribution in [2.75, 3.05) is 6.54 Å². The van der Waals surface area contributed by atoms with E-state index in [9.17, 15) is 13.2 Å². The lowest BCUT2D eigenvalue weighted by Crippen LogP contribution is -2.23. The number of aryl methyl sites for hydroxylation is 2. The van der Waals surface area contributed by atoms with Gasteiger partial charge in [-0.2, -0.15) is 0 Å². The highest BCUT2D eigenvalue weighted by Crippen LogP contribution is 2.30. The number of halogens is 3. The van der Waals surface area contributed by atoms with Crippen LogP contribution >= 0.6 is 0 Å². The van der Waals surface area contributed by atoms with Crippen molar-refractivity contribution in [3.05, 3.63) is 58.3 Å². The quantitative estimate of drug-likeness (QED) is 0.858. The maximum atomic E-state index is 14.0. The van der Waals surface area contributed by atoms with E-state index in [0.717, 1.165) is 6.07 Å². The third-order valence-electron chi connectivity index (χ3n) is 3.17. The molecule has 0 radical (unpaired) electrons. The topological polar surface area (TPSA) is 25.2 Å². The summed E-state index contributed by atoms with van der Waals surface area (Å²) in [7, 11) is 0. The van der Waals surface area contributed by atoms with E-state index in [2.05, 4.69) is 5.32 Å². The smallest absolute Gasteiger partial charge is 0.194 e. The molecule has 0 fully saturated rings. The van der Waals surface area contributed by atoms with Crippen LogP contribution in [0.1, 0.15) is 35.6 Å². The summed E-state index contributed by atoms with van der Waals surface area (Å²) in [5.41, 5.74) is 0.781. The van der Waals surface area contributed by atoms with E-state index in [1.54, 1.807) is 19.9 Å². The number of furan rings is 1. The third kappa shape index (κ3) is 2.58. The van der Waals surface area contributed by atoms with Crippen molar-refractivity contribution in [3.63, 3.8) is 0 Å². The van der Waals surface area contributed by atoms with Gasteiger partial charge in [0.1, 0.15) is 11.5 Å². The average Bonchev–Trinajstić information content (AvgIpc) is 2.73. The highest BCUT2D eigenvalue weighted by molar-refractivity contribution is 5.36. The van der Waals surface area contributed by atoms with E-state index in [4.69, 9.17) is 4.42 Å². The van der Waals surface area contributed by atoms with E-state index in [0.29, 0.717) is 23.6 Å². The average molecular weight is 283 g/mol. The lowest BCUT2D eigenvalue weighted by molar-refractivity contribution is 0.432. The van der Waals surface area contributed by atoms with Gasteiger partial charge in [0.25, 0.3) is 0 Å². The lowest BCUT2D eigenvalue weighted by Gasteiger charge is -2.19. The molecule has 1 aromatic carbocycles. The van der Waals surface area contributed by atoms with Gasteiger partial charge in [-0.25, -0.2) is 13.2 Å². The Morgan fingerprint density at radius 3 is 2.35 bits per heavy atom. The number of hydrogen-bond acceptors (Lipinski definition) is 2. The first-order valence-corrected chi connectivity index (χ1v) is 6.39. The van der Waals surface area contributed by atoms with Crippen molar-refractivity contribution in [2.45, 2.75) is 26.8 Å². The first kappa shape index (κ1) is 14.7. The zero-order valence-corrected chi connectivity index (χ0v) is 11.6. The molecule has 5 heteroatoms. The number of nitrogens with one attached hydrogen (secondary N) is 1. The second-order valence-electron chi connectivity index (χ2n) is 4.62. The molecule has 108 valence electrons. The summed E-state index contributed by atoms with van der Waals surface area (Å²) in [6.07, 6.45) is 0. The molecule has 2 rings (SSSR count). The minimum Gasteiger partial charge on any atom is -0.466 e. The Labute approximate surface area is 115 Å². The molecule has 0 aliphatic carbocycles. The molecule has 1 atom stereocenters. The molecule has 0 aliphatic heterocycles. The molecule has 0 amide bonds. The molecule has 0 saturated carbocycles. The van der Waals surface area contributed by atoms with Crippen LogP contribution in [0.5, 0.6) is 0 Å². The Kier molecular flexibility index (Phi) is 4.18. The molecular formula is C15H16F3NO. The van der Waals surface area contributed by atoms with Crippen LogP contribution in [-0.2, 0) is 0 Å². The fourth-order valence-electron chi connectivity index (χ4n) is 2.29. The van der Waals surface area contributed by atoms with Crippen molar-refractivity contribution in [1.82, 2.24) is 5.32 Å². The normalized spacial score (nSPS) is 12.7. The fourth-order valence-corrected chi connectivity index (χ4v) is 2.29. The first-order valence-electron chi connectivity index (χ1n) is 6.39. The van der Waals surface area contributed by atoms with Gasteiger partial charge in [-0.3, -0.25) is 0 Å². The molecule has 0 aliphatic rings. The summed E-state index contributed by atoms with van der Waals surface area (Å²) < 4.78 is 45.9. The molecule has 1 N–H and O–H groups in total. The zero-order chi connectivity index (χ0) is 14.9. The molecule has 2 aromatic rings. The van der Waals surface area contributed by atoms with Crippen molar-refractivity contribution >= 4 is 0 Å². The van der Waals surface area contributed by atoms with Crippen LogP contribution in [0.25, 0.3) is 0 Å². The lowest BCUT2D eigenvalue weighted by atomic mass is 9.98. The highest BCUT2D eigenvalue weighted by Gasteiger charge is 2.24. The molecule has 0 bridgehead atoms. The van der Waals surface area contributed by atoms with E-state index in [-0.39, 0.29) is 5.56 Å². The number of hydrogen-bond donors (Lipinski definition) is 1. The van der Waals surface area contributed by atoms with Crippen LogP contribution in [0.3, 0.4) is 0 Å². The predicted molar refractivity (Wildman–Crippen MR) is 70.0 cm³/mol. The van der Waals surface area contributed by atoms with Gasteiger partial charge < -0.3 is 9.73 Å². The molecule has 1 heterocycles. The van der Waals surface area contributed by atoms with Gasteiger partial charge in [0.2, 0.25) is 0 Å². The van der Waals surface area contributed by atoms with Gasteiger partial charge in [-0.05, 0) is 32.5 Å². The SMILES string of the molecule is CCNC(c1cc(C)oc1C)c1ccc(F)c(F)c1F. The Hall–Kier alpha value is -1.75. The van der Waals surface area contributed by atoms with Gasteiger partial charge in [0.05, 0.1) is 6.04 Å². The van der Waals surface area contributed by atoms with Crippen molar-refractivity contribution < 1.29 is 17.6 Å². The van der Waals surface area contributed by atoms with Gasteiger partial charge >= 0.3 is 0 Å². The van der Waals surface area contributed by atoms with Crippen LogP contribution in [0.2, 0.25) is 0 Å². The molecule has 1 unspecified atom stereocenters. The van der Waals surface area contributed by atoms with Gasteiger partial charge in [-0.15, -0.1) is 0 Å². The zero-order valence-electron chi connectivity index (χ0n) is 11.6. The summed E-state index contributed by atoms with van der Waals surface area (Å²) in [5.74, 6) is -2.51. The number of benzene rings is 1. The van der Waals surface area contributed by atoms with Crippen LogP contribution in [0.4, 0.5) is 13.2 Å². The largest absolute Gasteiger partial charge is 0.466 e. The maximum absolute atomic E-state index is 14.0. The standard InChI is InChI=1S/C15H16F3NO/c1-4-19-15(11-7-8(2)20-9(11)3)10-5-6-12(16)14(18)13(10)17/h5-7,15,19H,4H2,1-3H3. The molecule has 0 spiro atoms. The predicted octanol–water partition coefficient (Wildman–Crippen LogP) is 4.01. The minimum absolute atomic E-state index is 0.0645. The van der Waals surface area contributed by atoms with Crippen LogP contribution < -0.4 is 5.32 Å². The summed E-state index contributed by atoms with van der Waals surface area (Å²) in [5, 5.41) is 3.07. The van der Waals surface area contributed by atoms with Gasteiger partial charge in [0, 0.05) is 11.1 Å². The summed E-state index contributed by atoms with van der Waals surface area (Å²) >= 11 is 0. The second kappa shape index (κ2) is 5.71. The van der Waals surface area contributed by atoms with E-state index < -0.39 is 23.5 Å². The molecule has 0 saturated heterocycles. The Morgan fingerprint density at radius 2 is 1.80 bits per heavy atom. The molecule has 20 heavy (non-hydrogen) atoms. The highest BCUT2D eigenvalue weighted by atomic mass is 19.2. The van der Waals surface area contributed by atoms with E-state index >= 15 is 0 Å². The van der Waals surface area contributed by atoms with E-state index in [1.807, 2.05) is 6.92 Å². The molecule has 2 nitrogen and oxygen atoms in total.